The molecule has 0 aliphatic rings. The second-order valence-electron chi connectivity index (χ2n) is 4.49. The number of rotatable bonds is 7. The van der Waals surface area contributed by atoms with E-state index in [4.69, 9.17) is 5.73 Å². The van der Waals surface area contributed by atoms with Gasteiger partial charge in [-0.05, 0) is 43.8 Å². The molecular weight excluding hydrogens is 228 g/mol. The van der Waals surface area contributed by atoms with E-state index in [2.05, 4.69) is 37.3 Å². The molecule has 2 nitrogen and oxygen atoms in total. The van der Waals surface area contributed by atoms with Crippen molar-refractivity contribution in [2.45, 2.75) is 25.8 Å². The molecule has 0 aliphatic carbocycles. The number of hydrogen-bond acceptors (Lipinski definition) is 3. The van der Waals surface area contributed by atoms with Gasteiger partial charge in [0.2, 0.25) is 0 Å². The van der Waals surface area contributed by atoms with Gasteiger partial charge in [-0.3, -0.25) is 0 Å². The third-order valence-electron chi connectivity index (χ3n) is 3.16. The Hall–Kier alpha value is -0.670. The first-order chi connectivity index (χ1) is 8.17. The highest BCUT2D eigenvalue weighted by Gasteiger charge is 2.11. The average Bonchev–Trinajstić information content (AvgIpc) is 2.33. The van der Waals surface area contributed by atoms with Crippen molar-refractivity contribution in [3.05, 3.63) is 29.8 Å². The van der Waals surface area contributed by atoms with E-state index in [1.54, 1.807) is 0 Å². The molecule has 96 valence electrons. The van der Waals surface area contributed by atoms with Gasteiger partial charge in [-0.2, -0.15) is 11.8 Å². The van der Waals surface area contributed by atoms with Crippen molar-refractivity contribution in [3.8, 4) is 0 Å². The quantitative estimate of drug-likeness (QED) is 0.757. The van der Waals surface area contributed by atoms with Crippen molar-refractivity contribution in [1.82, 2.24) is 4.90 Å². The zero-order valence-electron chi connectivity index (χ0n) is 11.1. The van der Waals surface area contributed by atoms with Crippen molar-refractivity contribution in [2.75, 3.05) is 31.3 Å². The fourth-order valence-electron chi connectivity index (χ4n) is 1.99. The zero-order chi connectivity index (χ0) is 12.7. The molecule has 0 heterocycles. The molecule has 1 unspecified atom stereocenters. The SMILES string of the molecule is CCC(CSC)N(C)CCc1cccc(N)c1. The summed E-state index contributed by atoms with van der Waals surface area (Å²) in [6.07, 6.45) is 4.47. The van der Waals surface area contributed by atoms with Crippen LogP contribution in [0.25, 0.3) is 0 Å². The highest BCUT2D eigenvalue weighted by Crippen LogP contribution is 2.11. The first-order valence-corrected chi connectivity index (χ1v) is 7.60. The number of nitrogen functional groups attached to an aromatic ring is 1. The first-order valence-electron chi connectivity index (χ1n) is 6.21. The van der Waals surface area contributed by atoms with Gasteiger partial charge in [0.25, 0.3) is 0 Å². The van der Waals surface area contributed by atoms with Crippen LogP contribution in [0.3, 0.4) is 0 Å². The van der Waals surface area contributed by atoms with Gasteiger partial charge in [0.05, 0.1) is 0 Å². The van der Waals surface area contributed by atoms with E-state index in [0.717, 1.165) is 18.7 Å². The second kappa shape index (κ2) is 7.62. The monoisotopic (exact) mass is 252 g/mol. The molecule has 1 aromatic rings. The molecule has 0 fully saturated rings. The van der Waals surface area contributed by atoms with Crippen LogP contribution in [-0.4, -0.2) is 36.5 Å². The van der Waals surface area contributed by atoms with Crippen LogP contribution in [0.4, 0.5) is 5.69 Å². The van der Waals surface area contributed by atoms with Crippen LogP contribution in [0.5, 0.6) is 0 Å². The number of likely N-dealkylation sites (N-methyl/N-ethyl adjacent to an activating group) is 1. The molecule has 0 amide bonds. The summed E-state index contributed by atoms with van der Waals surface area (Å²) >= 11 is 1.93. The molecule has 1 rings (SSSR count). The van der Waals surface area contributed by atoms with Gasteiger partial charge in [0.15, 0.2) is 0 Å². The molecule has 1 aromatic carbocycles. The van der Waals surface area contributed by atoms with E-state index in [9.17, 15) is 0 Å². The summed E-state index contributed by atoms with van der Waals surface area (Å²) in [4.78, 5) is 2.46. The van der Waals surface area contributed by atoms with Gasteiger partial charge in [-0.15, -0.1) is 0 Å². The van der Waals surface area contributed by atoms with Crippen molar-refractivity contribution >= 4 is 17.4 Å². The Balaban J connectivity index is 2.44. The molecule has 0 radical (unpaired) electrons. The Morgan fingerprint density at radius 2 is 2.18 bits per heavy atom. The summed E-state index contributed by atoms with van der Waals surface area (Å²) in [5.74, 6) is 1.21. The standard InChI is InChI=1S/C14H24N2S/c1-4-14(11-17-3)16(2)9-8-12-6-5-7-13(15)10-12/h5-7,10,14H,4,8-9,11,15H2,1-3H3. The van der Waals surface area contributed by atoms with Crippen LogP contribution in [0.2, 0.25) is 0 Å². The average molecular weight is 252 g/mol. The maximum atomic E-state index is 5.78. The highest BCUT2D eigenvalue weighted by atomic mass is 32.2. The molecule has 0 aromatic heterocycles. The molecule has 0 spiro atoms. The fraction of sp³-hybridized carbons (Fsp3) is 0.571. The molecule has 0 saturated carbocycles. The molecule has 1 atom stereocenters. The van der Waals surface area contributed by atoms with Crippen molar-refractivity contribution in [1.29, 1.82) is 0 Å². The smallest absolute Gasteiger partial charge is 0.0316 e. The lowest BCUT2D eigenvalue weighted by Crippen LogP contribution is -2.34. The normalized spacial score (nSPS) is 12.9. The van der Waals surface area contributed by atoms with Crippen molar-refractivity contribution in [3.63, 3.8) is 0 Å². The maximum absolute atomic E-state index is 5.78. The van der Waals surface area contributed by atoms with E-state index in [-0.39, 0.29) is 0 Å². The van der Waals surface area contributed by atoms with Crippen LogP contribution in [0.1, 0.15) is 18.9 Å². The summed E-state index contributed by atoms with van der Waals surface area (Å²) in [6.45, 7) is 3.36. The summed E-state index contributed by atoms with van der Waals surface area (Å²) in [5, 5.41) is 0. The lowest BCUT2D eigenvalue weighted by Gasteiger charge is -2.26. The van der Waals surface area contributed by atoms with Crippen LogP contribution < -0.4 is 5.73 Å². The van der Waals surface area contributed by atoms with Crippen LogP contribution in [0.15, 0.2) is 24.3 Å². The van der Waals surface area contributed by atoms with E-state index < -0.39 is 0 Å². The number of nitrogens with zero attached hydrogens (tertiary/aromatic N) is 1. The lowest BCUT2D eigenvalue weighted by molar-refractivity contribution is 0.259. The molecule has 0 saturated heterocycles. The zero-order valence-corrected chi connectivity index (χ0v) is 12.0. The number of hydrogen-bond donors (Lipinski definition) is 1. The molecule has 0 aliphatic heterocycles. The Morgan fingerprint density at radius 1 is 1.41 bits per heavy atom. The van der Waals surface area contributed by atoms with Crippen LogP contribution in [-0.2, 0) is 6.42 Å². The first kappa shape index (κ1) is 14.4. The summed E-state index contributed by atoms with van der Waals surface area (Å²) in [5.41, 5.74) is 7.97. The Bertz CT molecular complexity index is 328. The third kappa shape index (κ3) is 5.00. The largest absolute Gasteiger partial charge is 0.399 e. The number of nitrogens with two attached hydrogens (primary N) is 1. The van der Waals surface area contributed by atoms with Crippen LogP contribution >= 0.6 is 11.8 Å². The lowest BCUT2D eigenvalue weighted by atomic mass is 10.1. The molecule has 2 N–H and O–H groups in total. The van der Waals surface area contributed by atoms with Gasteiger partial charge in [-0.25, -0.2) is 0 Å². The summed E-state index contributed by atoms with van der Waals surface area (Å²) < 4.78 is 0. The Morgan fingerprint density at radius 3 is 2.76 bits per heavy atom. The number of benzene rings is 1. The molecule has 17 heavy (non-hydrogen) atoms. The van der Waals surface area contributed by atoms with E-state index in [1.165, 1.54) is 17.7 Å². The minimum Gasteiger partial charge on any atom is -0.399 e. The Kier molecular flexibility index (Phi) is 6.45. The topological polar surface area (TPSA) is 29.3 Å². The van der Waals surface area contributed by atoms with E-state index >= 15 is 0 Å². The Labute approximate surface area is 110 Å². The third-order valence-corrected chi connectivity index (χ3v) is 3.88. The van der Waals surface area contributed by atoms with Gasteiger partial charge < -0.3 is 10.6 Å². The predicted molar refractivity (Wildman–Crippen MR) is 79.6 cm³/mol. The summed E-state index contributed by atoms with van der Waals surface area (Å²) in [7, 11) is 2.22. The van der Waals surface area contributed by atoms with Crippen molar-refractivity contribution in [2.24, 2.45) is 0 Å². The van der Waals surface area contributed by atoms with Gasteiger partial charge in [0.1, 0.15) is 0 Å². The molecule has 0 bridgehead atoms. The van der Waals surface area contributed by atoms with Gasteiger partial charge >= 0.3 is 0 Å². The van der Waals surface area contributed by atoms with E-state index in [1.807, 2.05) is 23.9 Å². The minimum absolute atomic E-state index is 0.686. The van der Waals surface area contributed by atoms with Crippen LogP contribution in [0, 0.1) is 0 Å². The fourth-order valence-corrected chi connectivity index (χ4v) is 2.86. The predicted octanol–water partition coefficient (Wildman–Crippen LogP) is 2.88. The summed E-state index contributed by atoms with van der Waals surface area (Å²) in [6, 6.07) is 8.88. The van der Waals surface area contributed by atoms with E-state index in [0.29, 0.717) is 6.04 Å². The van der Waals surface area contributed by atoms with Gasteiger partial charge in [0, 0.05) is 24.0 Å². The van der Waals surface area contributed by atoms with Crippen molar-refractivity contribution < 1.29 is 0 Å². The molecule has 3 heteroatoms. The minimum atomic E-state index is 0.686. The van der Waals surface area contributed by atoms with Gasteiger partial charge in [-0.1, -0.05) is 19.1 Å². The maximum Gasteiger partial charge on any atom is 0.0316 e. The number of anilines is 1. The number of thioether (sulfide) groups is 1. The highest BCUT2D eigenvalue weighted by molar-refractivity contribution is 7.98. The molecular formula is C14H24N2S. The second-order valence-corrected chi connectivity index (χ2v) is 5.40.